The molecule has 23 heavy (non-hydrogen) atoms. The molecule has 1 rings (SSSR count). The number of carbonyl (C=O) groups is 2. The molecule has 2 amide bonds. The fourth-order valence-corrected chi connectivity index (χ4v) is 3.74. The van der Waals surface area contributed by atoms with Crippen LogP contribution in [0.2, 0.25) is 10.0 Å². The van der Waals surface area contributed by atoms with E-state index in [1.54, 1.807) is 20.8 Å². The molecule has 0 aliphatic carbocycles. The Bertz CT molecular complexity index is 722. The summed E-state index contributed by atoms with van der Waals surface area (Å²) in [5.41, 5.74) is 2.53. The number of nitrogens with one attached hydrogen (secondary N) is 3. The van der Waals surface area contributed by atoms with Gasteiger partial charge in [0.05, 0.1) is 5.02 Å². The van der Waals surface area contributed by atoms with Crippen LogP contribution in [0, 0.1) is 13.8 Å². The highest BCUT2D eigenvalue weighted by atomic mass is 35.5. The Morgan fingerprint density at radius 3 is 2.22 bits per heavy atom. The molecule has 0 saturated carbocycles. The van der Waals surface area contributed by atoms with Crippen molar-refractivity contribution in [3.63, 3.8) is 0 Å². The first-order valence-corrected chi connectivity index (χ1v) is 8.79. The van der Waals surface area contributed by atoms with Crippen molar-refractivity contribution in [2.45, 2.75) is 38.6 Å². The normalized spacial score (nSPS) is 11.4. The minimum Gasteiger partial charge on any atom is -0.346 e. The van der Waals surface area contributed by atoms with Crippen LogP contribution >= 0.6 is 23.2 Å². The number of aryl methyl sites for hydroxylation is 1. The summed E-state index contributed by atoms with van der Waals surface area (Å²) < 4.78 is 24.7. The van der Waals surface area contributed by atoms with E-state index in [2.05, 4.69) is 5.32 Å². The average molecular weight is 382 g/mol. The van der Waals surface area contributed by atoms with Crippen molar-refractivity contribution in [1.82, 2.24) is 15.6 Å². The second-order valence-corrected chi connectivity index (χ2v) is 7.54. The maximum absolute atomic E-state index is 12.3. The Morgan fingerprint density at radius 2 is 1.70 bits per heavy atom. The smallest absolute Gasteiger partial charge is 0.324 e. The van der Waals surface area contributed by atoms with Crippen LogP contribution in [-0.2, 0) is 19.6 Å². The number of amides is 2. The molecule has 0 fully saturated rings. The lowest BCUT2D eigenvalue weighted by Gasteiger charge is -2.14. The quantitative estimate of drug-likeness (QED) is 0.542. The molecule has 0 saturated heterocycles. The first-order chi connectivity index (χ1) is 10.5. The highest BCUT2D eigenvalue weighted by Crippen LogP contribution is 2.32. The zero-order chi connectivity index (χ0) is 17.9. The summed E-state index contributed by atoms with van der Waals surface area (Å²) in [6.07, 6.45) is 0. The monoisotopic (exact) mass is 381 g/mol. The van der Waals surface area contributed by atoms with Gasteiger partial charge in [-0.2, -0.15) is 0 Å². The van der Waals surface area contributed by atoms with E-state index in [0.717, 1.165) is 0 Å². The van der Waals surface area contributed by atoms with Gasteiger partial charge in [0, 0.05) is 11.1 Å². The Kier molecular flexibility index (Phi) is 6.41. The lowest BCUT2D eigenvalue weighted by molar-refractivity contribution is -0.139. The predicted octanol–water partition coefficient (Wildman–Crippen LogP) is 1.44. The van der Waals surface area contributed by atoms with Gasteiger partial charge in [0.15, 0.2) is 0 Å². The van der Waals surface area contributed by atoms with E-state index in [1.165, 1.54) is 13.0 Å². The summed E-state index contributed by atoms with van der Waals surface area (Å²) in [5.74, 6) is -2.11. The van der Waals surface area contributed by atoms with Gasteiger partial charge in [0.1, 0.15) is 4.90 Å². The molecule has 0 aliphatic rings. The highest BCUT2D eigenvalue weighted by molar-refractivity contribution is 7.89. The van der Waals surface area contributed by atoms with Crippen LogP contribution in [0.4, 0.5) is 0 Å². The van der Waals surface area contributed by atoms with E-state index < -0.39 is 21.8 Å². The lowest BCUT2D eigenvalue weighted by atomic mass is 10.2. The molecule has 0 spiro atoms. The fraction of sp³-hybridized carbons (Fsp3) is 0.385. The van der Waals surface area contributed by atoms with Crippen LogP contribution in [0.15, 0.2) is 11.0 Å². The SMILES string of the molecule is Cc1cc(Cl)c(C)c(S(=O)(=O)NNC(=O)C(=O)NC(C)C)c1Cl. The molecule has 128 valence electrons. The molecular formula is C13H17Cl2N3O4S. The van der Waals surface area contributed by atoms with Crippen molar-refractivity contribution in [3.05, 3.63) is 27.2 Å². The van der Waals surface area contributed by atoms with E-state index in [4.69, 9.17) is 23.2 Å². The van der Waals surface area contributed by atoms with Crippen molar-refractivity contribution in [2.75, 3.05) is 0 Å². The van der Waals surface area contributed by atoms with Gasteiger partial charge in [-0.3, -0.25) is 15.0 Å². The van der Waals surface area contributed by atoms with Gasteiger partial charge in [-0.1, -0.05) is 23.2 Å². The maximum atomic E-state index is 12.3. The second-order valence-electron chi connectivity index (χ2n) is 5.13. The van der Waals surface area contributed by atoms with Crippen molar-refractivity contribution in [2.24, 2.45) is 0 Å². The molecule has 0 radical (unpaired) electrons. The van der Waals surface area contributed by atoms with Gasteiger partial charge in [-0.15, -0.1) is 4.83 Å². The highest BCUT2D eigenvalue weighted by Gasteiger charge is 2.25. The lowest BCUT2D eigenvalue weighted by Crippen LogP contribution is -2.49. The largest absolute Gasteiger partial charge is 0.346 e. The standard InChI is InChI=1S/C13H17Cl2N3O4S/c1-6(2)16-12(19)13(20)17-18-23(21,22)11-8(4)9(14)5-7(3)10(11)15/h5-6,18H,1-4H3,(H,16,19)(H,17,20). The zero-order valence-corrected chi connectivity index (χ0v) is 15.3. The van der Waals surface area contributed by atoms with E-state index in [0.29, 0.717) is 5.56 Å². The Labute approximate surface area is 144 Å². The molecule has 0 heterocycles. The predicted molar refractivity (Wildman–Crippen MR) is 87.7 cm³/mol. The van der Waals surface area contributed by atoms with E-state index in [1.807, 2.05) is 10.3 Å². The summed E-state index contributed by atoms with van der Waals surface area (Å²) >= 11 is 12.0. The number of halogens is 2. The molecule has 1 aromatic carbocycles. The van der Waals surface area contributed by atoms with Crippen molar-refractivity contribution in [3.8, 4) is 0 Å². The average Bonchev–Trinajstić information content (AvgIpc) is 2.42. The molecule has 0 aromatic heterocycles. The van der Waals surface area contributed by atoms with Crippen LogP contribution in [-0.4, -0.2) is 26.3 Å². The number of sulfonamides is 1. The number of hydrogen-bond acceptors (Lipinski definition) is 4. The molecule has 0 unspecified atom stereocenters. The summed E-state index contributed by atoms with van der Waals surface area (Å²) in [6, 6.07) is 1.27. The van der Waals surface area contributed by atoms with E-state index >= 15 is 0 Å². The van der Waals surface area contributed by atoms with E-state index in [9.17, 15) is 18.0 Å². The Morgan fingerprint density at radius 1 is 1.13 bits per heavy atom. The number of hydrazine groups is 1. The molecule has 0 aliphatic heterocycles. The molecule has 0 bridgehead atoms. The third kappa shape index (κ3) is 4.81. The van der Waals surface area contributed by atoms with Crippen LogP contribution in [0.3, 0.4) is 0 Å². The van der Waals surface area contributed by atoms with Gasteiger partial charge < -0.3 is 5.32 Å². The molecule has 10 heteroatoms. The third-order valence-corrected chi connectivity index (χ3v) is 5.19. The maximum Gasteiger partial charge on any atom is 0.324 e. The number of hydrogen-bond donors (Lipinski definition) is 3. The summed E-state index contributed by atoms with van der Waals surface area (Å²) in [5, 5.41) is 2.53. The Hall–Kier alpha value is -1.35. The molecule has 0 atom stereocenters. The topological polar surface area (TPSA) is 104 Å². The van der Waals surface area contributed by atoms with Crippen molar-refractivity contribution >= 4 is 45.0 Å². The number of benzene rings is 1. The van der Waals surface area contributed by atoms with Crippen LogP contribution < -0.4 is 15.6 Å². The van der Waals surface area contributed by atoms with Gasteiger partial charge in [-0.05, 0) is 44.9 Å². The summed E-state index contributed by atoms with van der Waals surface area (Å²) in [7, 11) is -4.20. The van der Waals surface area contributed by atoms with Crippen molar-refractivity contribution in [1.29, 1.82) is 0 Å². The zero-order valence-electron chi connectivity index (χ0n) is 13.0. The first-order valence-electron chi connectivity index (χ1n) is 6.55. The first kappa shape index (κ1) is 19.7. The van der Waals surface area contributed by atoms with E-state index in [-0.39, 0.29) is 26.5 Å². The minimum absolute atomic E-state index is 0.0136. The molecule has 3 N–H and O–H groups in total. The van der Waals surface area contributed by atoms with Gasteiger partial charge in [0.25, 0.3) is 10.0 Å². The summed E-state index contributed by atoms with van der Waals surface area (Å²) in [4.78, 5) is 24.6. The molecular weight excluding hydrogens is 365 g/mol. The second kappa shape index (κ2) is 7.48. The van der Waals surface area contributed by atoms with Crippen LogP contribution in [0.1, 0.15) is 25.0 Å². The molecule has 7 nitrogen and oxygen atoms in total. The summed E-state index contributed by atoms with van der Waals surface area (Å²) in [6.45, 7) is 6.40. The Balaban J connectivity index is 3.02. The van der Waals surface area contributed by atoms with Gasteiger partial charge in [0.2, 0.25) is 0 Å². The number of rotatable bonds is 4. The third-order valence-electron chi connectivity index (χ3n) is 2.78. The number of carbonyl (C=O) groups excluding carboxylic acids is 2. The fourth-order valence-electron chi connectivity index (χ4n) is 1.68. The van der Waals surface area contributed by atoms with Crippen LogP contribution in [0.25, 0.3) is 0 Å². The van der Waals surface area contributed by atoms with Crippen LogP contribution in [0.5, 0.6) is 0 Å². The minimum atomic E-state index is -4.20. The molecule has 1 aromatic rings. The van der Waals surface area contributed by atoms with Gasteiger partial charge in [-0.25, -0.2) is 8.42 Å². The van der Waals surface area contributed by atoms with Crippen molar-refractivity contribution < 1.29 is 18.0 Å². The van der Waals surface area contributed by atoms with Gasteiger partial charge >= 0.3 is 11.8 Å².